The normalized spacial score (nSPS) is 10.7. The van der Waals surface area contributed by atoms with E-state index in [2.05, 4.69) is 10.5 Å². The van der Waals surface area contributed by atoms with Gasteiger partial charge < -0.3 is 15.2 Å². The molecule has 0 bridgehead atoms. The van der Waals surface area contributed by atoms with E-state index in [9.17, 15) is 4.79 Å². The smallest absolute Gasteiger partial charge is 0.332 e. The van der Waals surface area contributed by atoms with Crippen LogP contribution in [0.5, 0.6) is 11.5 Å². The SMILES string of the molecule is CCOc1cc(/C=N\NC(N)=O)ccc1OC(C)C. The number of ether oxygens (including phenoxy) is 2. The number of amides is 2. The largest absolute Gasteiger partial charge is 0.490 e. The van der Waals surface area contributed by atoms with E-state index in [-0.39, 0.29) is 6.10 Å². The highest BCUT2D eigenvalue weighted by molar-refractivity contribution is 5.82. The van der Waals surface area contributed by atoms with Gasteiger partial charge in [0.2, 0.25) is 0 Å². The lowest BCUT2D eigenvalue weighted by Gasteiger charge is -2.14. The molecule has 0 radical (unpaired) electrons. The summed E-state index contributed by atoms with van der Waals surface area (Å²) in [6, 6.07) is 4.69. The van der Waals surface area contributed by atoms with Crippen molar-refractivity contribution in [3.05, 3.63) is 23.8 Å². The summed E-state index contributed by atoms with van der Waals surface area (Å²) in [7, 11) is 0. The minimum Gasteiger partial charge on any atom is -0.490 e. The van der Waals surface area contributed by atoms with Crippen molar-refractivity contribution < 1.29 is 14.3 Å². The first-order valence-electron chi connectivity index (χ1n) is 6.05. The van der Waals surface area contributed by atoms with E-state index in [1.807, 2.05) is 26.8 Å². The lowest BCUT2D eigenvalue weighted by molar-refractivity contribution is 0.224. The lowest BCUT2D eigenvalue weighted by atomic mass is 10.2. The van der Waals surface area contributed by atoms with Crippen LogP contribution < -0.4 is 20.6 Å². The number of nitrogens with one attached hydrogen (secondary N) is 1. The van der Waals surface area contributed by atoms with Gasteiger partial charge in [0, 0.05) is 0 Å². The fourth-order valence-corrected chi connectivity index (χ4v) is 1.39. The van der Waals surface area contributed by atoms with Gasteiger partial charge in [0.15, 0.2) is 11.5 Å². The van der Waals surface area contributed by atoms with Gasteiger partial charge in [-0.3, -0.25) is 0 Å². The monoisotopic (exact) mass is 265 g/mol. The first-order valence-corrected chi connectivity index (χ1v) is 6.05. The Morgan fingerprint density at radius 3 is 2.79 bits per heavy atom. The highest BCUT2D eigenvalue weighted by Crippen LogP contribution is 2.28. The molecule has 0 spiro atoms. The highest BCUT2D eigenvalue weighted by atomic mass is 16.5. The topological polar surface area (TPSA) is 85.9 Å². The minimum atomic E-state index is -0.707. The highest BCUT2D eigenvalue weighted by Gasteiger charge is 2.07. The molecule has 0 aliphatic heterocycles. The second-order valence-corrected chi connectivity index (χ2v) is 4.04. The number of primary amides is 1. The predicted octanol–water partition coefficient (Wildman–Crippen LogP) is 1.87. The van der Waals surface area contributed by atoms with Crippen LogP contribution in [0.1, 0.15) is 26.3 Å². The van der Waals surface area contributed by atoms with Crippen molar-refractivity contribution in [3.8, 4) is 11.5 Å². The van der Waals surface area contributed by atoms with E-state index in [0.717, 1.165) is 5.56 Å². The van der Waals surface area contributed by atoms with Gasteiger partial charge in [0.25, 0.3) is 0 Å². The van der Waals surface area contributed by atoms with Gasteiger partial charge in [-0.15, -0.1) is 0 Å². The van der Waals surface area contributed by atoms with Crippen molar-refractivity contribution in [2.45, 2.75) is 26.9 Å². The zero-order valence-corrected chi connectivity index (χ0v) is 11.3. The van der Waals surface area contributed by atoms with Gasteiger partial charge in [0.05, 0.1) is 18.9 Å². The molecule has 0 fully saturated rings. The number of hydrogen-bond donors (Lipinski definition) is 2. The molecule has 0 aliphatic carbocycles. The molecule has 19 heavy (non-hydrogen) atoms. The van der Waals surface area contributed by atoms with E-state index >= 15 is 0 Å². The minimum absolute atomic E-state index is 0.0650. The molecule has 0 atom stereocenters. The Bertz CT molecular complexity index is 458. The van der Waals surface area contributed by atoms with Crippen LogP contribution >= 0.6 is 0 Å². The maximum absolute atomic E-state index is 10.5. The number of nitrogens with two attached hydrogens (primary N) is 1. The van der Waals surface area contributed by atoms with Crippen molar-refractivity contribution in [1.82, 2.24) is 5.43 Å². The zero-order valence-electron chi connectivity index (χ0n) is 11.3. The molecule has 0 aliphatic rings. The van der Waals surface area contributed by atoms with E-state index in [1.54, 1.807) is 12.1 Å². The van der Waals surface area contributed by atoms with Crippen LogP contribution in [0, 0.1) is 0 Å². The number of rotatable bonds is 6. The number of carbonyl (C=O) groups is 1. The summed E-state index contributed by atoms with van der Waals surface area (Å²) < 4.78 is 11.1. The Hall–Kier alpha value is -2.24. The molecule has 1 rings (SSSR count). The Morgan fingerprint density at radius 1 is 1.47 bits per heavy atom. The molecular formula is C13H19N3O3. The van der Waals surface area contributed by atoms with E-state index in [0.29, 0.717) is 18.1 Å². The van der Waals surface area contributed by atoms with Crippen LogP contribution in [0.3, 0.4) is 0 Å². The van der Waals surface area contributed by atoms with Crippen LogP contribution in [0.4, 0.5) is 4.79 Å². The third kappa shape index (κ3) is 5.29. The van der Waals surface area contributed by atoms with Crippen LogP contribution in [0.2, 0.25) is 0 Å². The zero-order chi connectivity index (χ0) is 14.3. The predicted molar refractivity (Wildman–Crippen MR) is 73.7 cm³/mol. The molecular weight excluding hydrogens is 246 g/mol. The number of benzene rings is 1. The molecule has 3 N–H and O–H groups in total. The Balaban J connectivity index is 2.88. The van der Waals surface area contributed by atoms with Crippen LogP contribution in [0.15, 0.2) is 23.3 Å². The van der Waals surface area contributed by atoms with Gasteiger partial charge in [-0.1, -0.05) is 0 Å². The molecule has 1 aromatic carbocycles. The number of hydrogen-bond acceptors (Lipinski definition) is 4. The summed E-state index contributed by atoms with van der Waals surface area (Å²) in [5, 5.41) is 3.69. The van der Waals surface area contributed by atoms with E-state index in [1.165, 1.54) is 6.21 Å². The second-order valence-electron chi connectivity index (χ2n) is 4.04. The summed E-state index contributed by atoms with van der Waals surface area (Å²) in [5.74, 6) is 1.32. The van der Waals surface area contributed by atoms with Crippen LogP contribution in [0.25, 0.3) is 0 Å². The summed E-state index contributed by atoms with van der Waals surface area (Å²) in [4.78, 5) is 10.5. The number of hydrazone groups is 1. The maximum atomic E-state index is 10.5. The fraction of sp³-hybridized carbons (Fsp3) is 0.385. The average molecular weight is 265 g/mol. The number of carbonyl (C=O) groups excluding carboxylic acids is 1. The van der Waals surface area contributed by atoms with Crippen LogP contribution in [-0.2, 0) is 0 Å². The Labute approximate surface area is 112 Å². The summed E-state index contributed by atoms with van der Waals surface area (Å²) in [6.45, 7) is 6.33. The third-order valence-corrected chi connectivity index (χ3v) is 2.02. The second kappa shape index (κ2) is 7.25. The van der Waals surface area contributed by atoms with Gasteiger partial charge in [-0.05, 0) is 44.5 Å². The maximum Gasteiger partial charge on any atom is 0.332 e. The molecule has 0 unspecified atom stereocenters. The summed E-state index contributed by atoms with van der Waals surface area (Å²) in [6.07, 6.45) is 1.54. The van der Waals surface area contributed by atoms with Crippen molar-refractivity contribution in [1.29, 1.82) is 0 Å². The Kier molecular flexibility index (Phi) is 5.66. The van der Waals surface area contributed by atoms with Crippen molar-refractivity contribution >= 4 is 12.2 Å². The molecule has 0 heterocycles. The average Bonchev–Trinajstić information content (AvgIpc) is 2.31. The molecule has 0 saturated carbocycles. The first-order chi connectivity index (χ1) is 9.02. The van der Waals surface area contributed by atoms with Crippen LogP contribution in [-0.4, -0.2) is 25.0 Å². The summed E-state index contributed by atoms with van der Waals surface area (Å²) in [5.41, 5.74) is 7.80. The van der Waals surface area contributed by atoms with E-state index in [4.69, 9.17) is 15.2 Å². The quantitative estimate of drug-likeness (QED) is 0.608. The molecule has 6 nitrogen and oxygen atoms in total. The Morgan fingerprint density at radius 2 is 2.21 bits per heavy atom. The molecule has 104 valence electrons. The van der Waals surface area contributed by atoms with Gasteiger partial charge in [0.1, 0.15) is 0 Å². The van der Waals surface area contributed by atoms with Gasteiger partial charge >= 0.3 is 6.03 Å². The summed E-state index contributed by atoms with van der Waals surface area (Å²) >= 11 is 0. The van der Waals surface area contributed by atoms with Crippen molar-refractivity contribution in [2.24, 2.45) is 10.8 Å². The first kappa shape index (κ1) is 14.8. The van der Waals surface area contributed by atoms with Gasteiger partial charge in [-0.2, -0.15) is 5.10 Å². The number of nitrogens with zero attached hydrogens (tertiary/aromatic N) is 1. The molecule has 2 amide bonds. The number of urea groups is 1. The molecule has 1 aromatic rings. The molecule has 0 saturated heterocycles. The van der Waals surface area contributed by atoms with E-state index < -0.39 is 6.03 Å². The molecule has 6 heteroatoms. The lowest BCUT2D eigenvalue weighted by Crippen LogP contribution is -2.24. The van der Waals surface area contributed by atoms with Crippen molar-refractivity contribution in [3.63, 3.8) is 0 Å². The van der Waals surface area contributed by atoms with Gasteiger partial charge in [-0.25, -0.2) is 10.2 Å². The molecule has 0 aromatic heterocycles. The fourth-order valence-electron chi connectivity index (χ4n) is 1.39. The van der Waals surface area contributed by atoms with Crippen molar-refractivity contribution in [2.75, 3.05) is 6.61 Å². The standard InChI is InChI=1S/C13H19N3O3/c1-4-18-12-7-10(8-15-16-13(14)17)5-6-11(12)19-9(2)3/h5-9H,4H2,1-3H3,(H3,14,16,17)/b15-8-. The third-order valence-electron chi connectivity index (χ3n) is 2.02.